The third-order valence-corrected chi connectivity index (χ3v) is 4.29. The maximum absolute atomic E-state index is 11.8. The van der Waals surface area contributed by atoms with Gasteiger partial charge < -0.3 is 4.90 Å². The van der Waals surface area contributed by atoms with Crippen molar-refractivity contribution in [1.29, 1.82) is 0 Å². The third-order valence-electron chi connectivity index (χ3n) is 2.41. The van der Waals surface area contributed by atoms with Gasteiger partial charge >= 0.3 is 0 Å². The molecule has 0 bridgehead atoms. The third kappa shape index (κ3) is 3.18. The van der Waals surface area contributed by atoms with Gasteiger partial charge in [0, 0.05) is 42.7 Å². The second-order valence-electron chi connectivity index (χ2n) is 3.63. The predicted molar refractivity (Wildman–Crippen MR) is 67.8 cm³/mol. The average Bonchev–Trinajstić information content (AvgIpc) is 2.73. The quantitative estimate of drug-likeness (QED) is 0.760. The second kappa shape index (κ2) is 5.63. The molecule has 16 heavy (non-hydrogen) atoms. The van der Waals surface area contributed by atoms with E-state index in [4.69, 9.17) is 0 Å². The summed E-state index contributed by atoms with van der Waals surface area (Å²) in [4.78, 5) is 14.9. The van der Waals surface area contributed by atoms with Crippen LogP contribution in [0.25, 0.3) is 0 Å². The Morgan fingerprint density at radius 1 is 1.56 bits per heavy atom. The van der Waals surface area contributed by atoms with Crippen LogP contribution in [0, 0.1) is 0 Å². The number of hydrogen-bond acceptors (Lipinski definition) is 4. The highest BCUT2D eigenvalue weighted by molar-refractivity contribution is 8.00. The van der Waals surface area contributed by atoms with Crippen LogP contribution in [0.5, 0.6) is 0 Å². The topological polar surface area (TPSA) is 38.1 Å². The Bertz CT molecular complexity index is 361. The lowest BCUT2D eigenvalue weighted by Gasteiger charge is -2.26. The molecule has 1 aliphatic rings. The largest absolute Gasteiger partial charge is 0.340 e. The van der Waals surface area contributed by atoms with Crippen molar-refractivity contribution < 1.29 is 4.79 Å². The number of carbonyl (C=O) groups excluding carboxylic acids is 1. The summed E-state index contributed by atoms with van der Waals surface area (Å²) in [6.07, 6.45) is 3.73. The van der Waals surface area contributed by atoms with Crippen LogP contribution in [0.3, 0.4) is 0 Å². The van der Waals surface area contributed by atoms with Crippen LogP contribution >= 0.6 is 23.5 Å². The zero-order valence-corrected chi connectivity index (χ0v) is 10.9. The molecule has 0 radical (unpaired) electrons. The molecule has 2 heterocycles. The van der Waals surface area contributed by atoms with Crippen molar-refractivity contribution >= 4 is 29.4 Å². The molecule has 0 unspecified atom stereocenters. The van der Waals surface area contributed by atoms with Gasteiger partial charge in [0.15, 0.2) is 0 Å². The van der Waals surface area contributed by atoms with Gasteiger partial charge in [0.05, 0.1) is 11.9 Å². The monoisotopic (exact) mass is 257 g/mol. The molecule has 0 saturated carbocycles. The molecule has 2 rings (SSSR count). The molecule has 1 aromatic rings. The SMILES string of the molecule is Cn1cc(SCC(=O)N2CCSCC2)cn1. The number of nitrogens with zero attached hydrogens (tertiary/aromatic N) is 3. The Morgan fingerprint density at radius 3 is 2.94 bits per heavy atom. The summed E-state index contributed by atoms with van der Waals surface area (Å²) in [5.74, 6) is 2.91. The van der Waals surface area contributed by atoms with E-state index in [-0.39, 0.29) is 5.91 Å². The number of thioether (sulfide) groups is 2. The molecule has 0 aromatic carbocycles. The van der Waals surface area contributed by atoms with Gasteiger partial charge in [0.25, 0.3) is 0 Å². The number of aryl methyl sites for hydroxylation is 1. The van der Waals surface area contributed by atoms with E-state index in [1.807, 2.05) is 29.9 Å². The normalized spacial score (nSPS) is 16.4. The maximum atomic E-state index is 11.8. The molecule has 88 valence electrons. The Hall–Kier alpha value is -0.620. The summed E-state index contributed by atoms with van der Waals surface area (Å²) >= 11 is 3.48. The number of aromatic nitrogens is 2. The van der Waals surface area contributed by atoms with Crippen molar-refractivity contribution in [1.82, 2.24) is 14.7 Å². The Balaban J connectivity index is 1.78. The number of rotatable bonds is 3. The van der Waals surface area contributed by atoms with E-state index >= 15 is 0 Å². The number of hydrogen-bond donors (Lipinski definition) is 0. The van der Waals surface area contributed by atoms with E-state index in [9.17, 15) is 4.79 Å². The van der Waals surface area contributed by atoms with Crippen molar-refractivity contribution in [2.75, 3.05) is 30.3 Å². The maximum Gasteiger partial charge on any atom is 0.232 e. The molecule has 1 saturated heterocycles. The Labute approximate surface area is 104 Å². The van der Waals surface area contributed by atoms with E-state index < -0.39 is 0 Å². The van der Waals surface area contributed by atoms with E-state index in [0.29, 0.717) is 5.75 Å². The molecule has 6 heteroatoms. The highest BCUT2D eigenvalue weighted by Gasteiger charge is 2.16. The minimum absolute atomic E-state index is 0.245. The van der Waals surface area contributed by atoms with Crippen LogP contribution in [-0.2, 0) is 11.8 Å². The van der Waals surface area contributed by atoms with Gasteiger partial charge in [-0.25, -0.2) is 0 Å². The first-order valence-electron chi connectivity index (χ1n) is 5.22. The van der Waals surface area contributed by atoms with Crippen LogP contribution in [0.15, 0.2) is 17.3 Å². The summed E-state index contributed by atoms with van der Waals surface area (Å²) in [7, 11) is 1.88. The lowest BCUT2D eigenvalue weighted by Crippen LogP contribution is -2.38. The molecule has 0 spiro atoms. The fraction of sp³-hybridized carbons (Fsp3) is 0.600. The van der Waals surface area contributed by atoms with Crippen LogP contribution in [0.4, 0.5) is 0 Å². The molecule has 0 atom stereocenters. The van der Waals surface area contributed by atoms with E-state index in [1.165, 1.54) is 0 Å². The van der Waals surface area contributed by atoms with Gasteiger partial charge in [-0.1, -0.05) is 0 Å². The van der Waals surface area contributed by atoms with Crippen molar-refractivity contribution in [3.05, 3.63) is 12.4 Å². The summed E-state index contributed by atoms with van der Waals surface area (Å²) in [6, 6.07) is 0. The lowest BCUT2D eigenvalue weighted by molar-refractivity contribution is -0.127. The molecule has 1 amide bonds. The lowest BCUT2D eigenvalue weighted by atomic mass is 10.5. The fourth-order valence-electron chi connectivity index (χ4n) is 1.52. The molecular formula is C10H15N3OS2. The van der Waals surface area contributed by atoms with Gasteiger partial charge in [0.2, 0.25) is 5.91 Å². The van der Waals surface area contributed by atoms with E-state index in [0.717, 1.165) is 29.5 Å². The Kier molecular flexibility index (Phi) is 4.17. The van der Waals surface area contributed by atoms with Gasteiger partial charge in [-0.3, -0.25) is 9.48 Å². The molecule has 4 nitrogen and oxygen atoms in total. The predicted octanol–water partition coefficient (Wildman–Crippen LogP) is 1.09. The highest BCUT2D eigenvalue weighted by atomic mass is 32.2. The minimum atomic E-state index is 0.245. The minimum Gasteiger partial charge on any atom is -0.340 e. The van der Waals surface area contributed by atoms with E-state index in [2.05, 4.69) is 5.10 Å². The smallest absolute Gasteiger partial charge is 0.232 e. The first kappa shape index (κ1) is 11.9. The van der Waals surface area contributed by atoms with Crippen molar-refractivity contribution in [2.45, 2.75) is 4.90 Å². The highest BCUT2D eigenvalue weighted by Crippen LogP contribution is 2.18. The molecule has 1 aromatic heterocycles. The summed E-state index contributed by atoms with van der Waals surface area (Å²) < 4.78 is 1.75. The van der Waals surface area contributed by atoms with Gasteiger partial charge in [-0.2, -0.15) is 16.9 Å². The summed E-state index contributed by atoms with van der Waals surface area (Å²) in [6.45, 7) is 1.80. The van der Waals surface area contributed by atoms with Crippen molar-refractivity contribution in [3.8, 4) is 0 Å². The standard InChI is InChI=1S/C10H15N3OS2/c1-12-7-9(6-11-12)16-8-10(14)13-2-4-15-5-3-13/h6-7H,2-5,8H2,1H3. The van der Waals surface area contributed by atoms with Crippen LogP contribution in [0.1, 0.15) is 0 Å². The van der Waals surface area contributed by atoms with Gasteiger partial charge in [-0.05, 0) is 0 Å². The van der Waals surface area contributed by atoms with Crippen molar-refractivity contribution in [3.63, 3.8) is 0 Å². The molecule has 1 fully saturated rings. The van der Waals surface area contributed by atoms with Gasteiger partial charge in [-0.15, -0.1) is 11.8 Å². The number of amides is 1. The first-order chi connectivity index (χ1) is 7.75. The first-order valence-corrected chi connectivity index (χ1v) is 7.37. The molecule has 0 aliphatic carbocycles. The fourth-order valence-corrected chi connectivity index (χ4v) is 3.25. The summed E-state index contributed by atoms with van der Waals surface area (Å²) in [5.41, 5.74) is 0. The van der Waals surface area contributed by atoms with Crippen LogP contribution in [0.2, 0.25) is 0 Å². The molecule has 1 aliphatic heterocycles. The van der Waals surface area contributed by atoms with Crippen LogP contribution in [-0.4, -0.2) is 50.9 Å². The summed E-state index contributed by atoms with van der Waals surface area (Å²) in [5, 5.41) is 4.07. The van der Waals surface area contributed by atoms with Crippen molar-refractivity contribution in [2.24, 2.45) is 7.05 Å². The van der Waals surface area contributed by atoms with Crippen LogP contribution < -0.4 is 0 Å². The number of carbonyl (C=O) groups is 1. The zero-order chi connectivity index (χ0) is 11.4. The molecule has 0 N–H and O–H groups in total. The zero-order valence-electron chi connectivity index (χ0n) is 9.26. The Morgan fingerprint density at radius 2 is 2.31 bits per heavy atom. The van der Waals surface area contributed by atoms with E-state index in [1.54, 1.807) is 22.6 Å². The second-order valence-corrected chi connectivity index (χ2v) is 5.91. The van der Waals surface area contributed by atoms with Gasteiger partial charge in [0.1, 0.15) is 0 Å². The molecular weight excluding hydrogens is 242 g/mol. The average molecular weight is 257 g/mol.